The van der Waals surface area contributed by atoms with Crippen molar-refractivity contribution in [1.29, 1.82) is 0 Å². The van der Waals surface area contributed by atoms with Crippen LogP contribution < -0.4 is 15.1 Å². The summed E-state index contributed by atoms with van der Waals surface area (Å²) in [5, 5.41) is 6.81. The number of nitrogens with one attached hydrogen (secondary N) is 1. The molecule has 4 rings (SSSR count). The van der Waals surface area contributed by atoms with Crippen LogP contribution in [0.15, 0.2) is 101 Å². The lowest BCUT2D eigenvalue weighted by Crippen LogP contribution is -2.30. The second-order valence-electron chi connectivity index (χ2n) is 7.80. The molecule has 3 aromatic carbocycles. The molecule has 8 nitrogen and oxygen atoms in total. The Morgan fingerprint density at radius 1 is 0.971 bits per heavy atom. The van der Waals surface area contributed by atoms with Gasteiger partial charge in [-0.2, -0.15) is 5.10 Å². The predicted molar refractivity (Wildman–Crippen MR) is 136 cm³/mol. The monoisotopic (exact) mass is 488 g/mol. The van der Waals surface area contributed by atoms with Gasteiger partial charge in [0.25, 0.3) is 15.9 Å². The number of sulfonamides is 1. The molecule has 0 atom stereocenters. The Morgan fingerprint density at radius 3 is 2.34 bits per heavy atom. The number of benzene rings is 3. The van der Waals surface area contributed by atoms with Gasteiger partial charge in [-0.3, -0.25) is 13.9 Å². The molecule has 0 aliphatic rings. The van der Waals surface area contributed by atoms with Crippen LogP contribution in [0.5, 0.6) is 0 Å². The van der Waals surface area contributed by atoms with Crippen LogP contribution in [0.4, 0.5) is 11.4 Å². The summed E-state index contributed by atoms with van der Waals surface area (Å²) in [6.45, 7) is 3.95. The van der Waals surface area contributed by atoms with E-state index in [2.05, 4.69) is 10.4 Å². The fourth-order valence-corrected chi connectivity index (χ4v) is 5.07. The molecule has 0 saturated heterocycles. The molecule has 1 amide bonds. The molecule has 0 spiro atoms. The minimum atomic E-state index is -3.79. The molecular weight excluding hydrogens is 464 g/mol. The van der Waals surface area contributed by atoms with Crippen molar-refractivity contribution in [2.45, 2.75) is 18.7 Å². The minimum Gasteiger partial charge on any atom is -0.320 e. The lowest BCUT2D eigenvalue weighted by molar-refractivity contribution is 0.101. The van der Waals surface area contributed by atoms with Crippen molar-refractivity contribution in [1.82, 2.24) is 9.78 Å². The zero-order chi connectivity index (χ0) is 25.0. The second-order valence-corrected chi connectivity index (χ2v) is 9.66. The first-order chi connectivity index (χ1) is 16.8. The topological polar surface area (TPSA) is 101 Å². The summed E-state index contributed by atoms with van der Waals surface area (Å²) in [5.41, 5.74) is 1.83. The SMILES string of the molecule is CCN(c1ccccc1)S(=O)(=O)c1ccc(NC(=O)c2nn(-c3cccc(C)c3)ccc2=O)cc1. The maximum atomic E-state index is 13.1. The van der Waals surface area contributed by atoms with Crippen LogP contribution in [0.3, 0.4) is 0 Å². The fourth-order valence-electron chi connectivity index (χ4n) is 3.59. The van der Waals surface area contributed by atoms with E-state index in [0.717, 1.165) is 5.56 Å². The third-order valence-corrected chi connectivity index (χ3v) is 7.24. The van der Waals surface area contributed by atoms with Gasteiger partial charge in [0.15, 0.2) is 5.69 Å². The van der Waals surface area contributed by atoms with Crippen LogP contribution in [0.2, 0.25) is 0 Å². The first kappa shape index (κ1) is 23.9. The molecule has 178 valence electrons. The van der Waals surface area contributed by atoms with Crippen molar-refractivity contribution >= 4 is 27.3 Å². The third kappa shape index (κ3) is 5.15. The number of para-hydroxylation sites is 1. The van der Waals surface area contributed by atoms with E-state index in [1.807, 2.05) is 37.3 Å². The average Bonchev–Trinajstić information content (AvgIpc) is 2.85. The Bertz CT molecular complexity index is 1520. The second kappa shape index (κ2) is 9.94. The quantitative estimate of drug-likeness (QED) is 0.424. The van der Waals surface area contributed by atoms with Gasteiger partial charge in [-0.15, -0.1) is 0 Å². The van der Waals surface area contributed by atoms with Crippen molar-refractivity contribution in [2.24, 2.45) is 0 Å². The van der Waals surface area contributed by atoms with Crippen molar-refractivity contribution < 1.29 is 13.2 Å². The highest BCUT2D eigenvalue weighted by Crippen LogP contribution is 2.24. The van der Waals surface area contributed by atoms with E-state index in [0.29, 0.717) is 17.1 Å². The summed E-state index contributed by atoms with van der Waals surface area (Å²) < 4.78 is 29.1. The van der Waals surface area contributed by atoms with Crippen molar-refractivity contribution in [2.75, 3.05) is 16.2 Å². The van der Waals surface area contributed by atoms with Crippen LogP contribution in [0.1, 0.15) is 23.0 Å². The van der Waals surface area contributed by atoms with Gasteiger partial charge in [-0.1, -0.05) is 30.3 Å². The van der Waals surface area contributed by atoms with Crippen LogP contribution in [0, 0.1) is 6.92 Å². The van der Waals surface area contributed by atoms with Gasteiger partial charge in [-0.05, 0) is 67.9 Å². The number of hydrogen-bond donors (Lipinski definition) is 1. The van der Waals surface area contributed by atoms with Gasteiger partial charge < -0.3 is 5.32 Å². The van der Waals surface area contributed by atoms with Crippen molar-refractivity contribution in [3.05, 3.63) is 113 Å². The van der Waals surface area contributed by atoms with Crippen LogP contribution >= 0.6 is 0 Å². The van der Waals surface area contributed by atoms with Gasteiger partial charge >= 0.3 is 0 Å². The molecule has 0 bridgehead atoms. The number of carbonyl (C=O) groups is 1. The van der Waals surface area contributed by atoms with E-state index < -0.39 is 21.4 Å². The lowest BCUT2D eigenvalue weighted by atomic mass is 10.2. The molecule has 0 saturated carbocycles. The molecule has 0 fully saturated rings. The number of amides is 1. The Labute approximate surface area is 203 Å². The molecular formula is C26H24N4O4S. The highest BCUT2D eigenvalue weighted by Gasteiger charge is 2.23. The van der Waals surface area contributed by atoms with Crippen LogP contribution in [-0.2, 0) is 10.0 Å². The van der Waals surface area contributed by atoms with Crippen LogP contribution in [-0.4, -0.2) is 30.7 Å². The Hall–Kier alpha value is -4.24. The summed E-state index contributed by atoms with van der Waals surface area (Å²) in [6.07, 6.45) is 1.50. The van der Waals surface area contributed by atoms with Gasteiger partial charge in [0.2, 0.25) is 5.43 Å². The number of hydrogen-bond acceptors (Lipinski definition) is 5. The minimum absolute atomic E-state index is 0.0841. The average molecular weight is 489 g/mol. The zero-order valence-corrected chi connectivity index (χ0v) is 20.1. The Kier molecular flexibility index (Phi) is 6.79. The van der Waals surface area contributed by atoms with Crippen molar-refractivity contribution in [3.8, 4) is 5.69 Å². The molecule has 9 heteroatoms. The first-order valence-corrected chi connectivity index (χ1v) is 12.4. The summed E-state index contributed by atoms with van der Waals surface area (Å²) in [7, 11) is -3.79. The Balaban J connectivity index is 1.56. The number of aryl methyl sites for hydroxylation is 1. The van der Waals surface area contributed by atoms with Gasteiger partial charge in [0.05, 0.1) is 16.3 Å². The molecule has 4 aromatic rings. The zero-order valence-electron chi connectivity index (χ0n) is 19.3. The molecule has 1 heterocycles. The largest absolute Gasteiger partial charge is 0.320 e. The maximum Gasteiger partial charge on any atom is 0.280 e. The van der Waals surface area contributed by atoms with Gasteiger partial charge in [0.1, 0.15) is 0 Å². The molecule has 35 heavy (non-hydrogen) atoms. The number of carbonyl (C=O) groups excluding carboxylic acids is 1. The summed E-state index contributed by atoms with van der Waals surface area (Å²) in [6, 6.07) is 23.4. The molecule has 1 aromatic heterocycles. The number of nitrogens with zero attached hydrogens (tertiary/aromatic N) is 3. The summed E-state index contributed by atoms with van der Waals surface area (Å²) in [4.78, 5) is 25.2. The maximum absolute atomic E-state index is 13.1. The molecule has 0 unspecified atom stereocenters. The standard InChI is InChI=1S/C26H24N4O4S/c1-3-30(21-9-5-4-6-10-21)35(33,34)23-14-12-20(13-15-23)27-26(32)25-24(31)16-17-29(28-25)22-11-7-8-19(2)18-22/h4-18H,3H2,1-2H3,(H,27,32). The van der Waals surface area contributed by atoms with E-state index in [9.17, 15) is 18.0 Å². The predicted octanol–water partition coefficient (Wildman–Crippen LogP) is 4.01. The van der Waals surface area contributed by atoms with E-state index in [1.54, 1.807) is 31.2 Å². The fraction of sp³-hybridized carbons (Fsp3) is 0.115. The third-order valence-electron chi connectivity index (χ3n) is 5.32. The first-order valence-electron chi connectivity index (χ1n) is 11.0. The smallest absolute Gasteiger partial charge is 0.280 e. The van der Waals surface area contributed by atoms with E-state index in [-0.39, 0.29) is 17.1 Å². The molecule has 0 aliphatic heterocycles. The van der Waals surface area contributed by atoms with Crippen molar-refractivity contribution in [3.63, 3.8) is 0 Å². The van der Waals surface area contributed by atoms with Gasteiger partial charge in [0, 0.05) is 24.5 Å². The molecule has 1 N–H and O–H groups in total. The lowest BCUT2D eigenvalue weighted by Gasteiger charge is -2.23. The number of aromatic nitrogens is 2. The number of rotatable bonds is 7. The molecule has 0 radical (unpaired) electrons. The molecule has 0 aliphatic carbocycles. The summed E-state index contributed by atoms with van der Waals surface area (Å²) in [5.74, 6) is -0.688. The van der Waals surface area contributed by atoms with Crippen LogP contribution in [0.25, 0.3) is 5.69 Å². The highest BCUT2D eigenvalue weighted by molar-refractivity contribution is 7.92. The number of anilines is 2. The highest BCUT2D eigenvalue weighted by atomic mass is 32.2. The van der Waals surface area contributed by atoms with E-state index >= 15 is 0 Å². The Morgan fingerprint density at radius 2 is 1.69 bits per heavy atom. The normalized spacial score (nSPS) is 11.1. The van der Waals surface area contributed by atoms with E-state index in [1.165, 1.54) is 45.5 Å². The summed E-state index contributed by atoms with van der Waals surface area (Å²) >= 11 is 0. The van der Waals surface area contributed by atoms with Gasteiger partial charge in [-0.25, -0.2) is 13.1 Å². The van der Waals surface area contributed by atoms with E-state index in [4.69, 9.17) is 0 Å².